The largest absolute Gasteiger partial charge is 1.00 e. The van der Waals surface area contributed by atoms with Crippen molar-refractivity contribution in [3.05, 3.63) is 35.9 Å². The van der Waals surface area contributed by atoms with Crippen LogP contribution in [0.1, 0.15) is 13.9 Å². The third kappa shape index (κ3) is 7.72. The van der Waals surface area contributed by atoms with Crippen molar-refractivity contribution in [2.45, 2.75) is 6.92 Å². The number of anilines is 1. The molecule has 0 saturated carbocycles. The molecule has 1 aliphatic heterocycles. The van der Waals surface area contributed by atoms with E-state index in [2.05, 4.69) is 48.2 Å². The minimum atomic E-state index is -10.7. The maximum atomic E-state index is 9.87. The molecule has 0 aliphatic carbocycles. The van der Waals surface area contributed by atoms with Gasteiger partial charge in [0.15, 0.2) is 0 Å². The standard InChI is InChI=1S/C11H13N.F6P/c1-2-12-9-5-7-10-6-3-4-8-11(10)12;1-7(2,3,4,5)6/h3-8H,2,9H2,1H3;/q;-1/p+1. The minimum Gasteiger partial charge on any atom is 1.00 e. The summed E-state index contributed by atoms with van der Waals surface area (Å²) in [5.41, 5.74) is 2.70. The molecule has 0 amide bonds. The summed E-state index contributed by atoms with van der Waals surface area (Å²) in [5, 5.41) is 0. The summed E-state index contributed by atoms with van der Waals surface area (Å²) >= 11 is 0. The molecule has 110 valence electrons. The Morgan fingerprint density at radius 1 is 1.11 bits per heavy atom. The van der Waals surface area contributed by atoms with Crippen LogP contribution in [0.3, 0.4) is 0 Å². The molecule has 1 heterocycles. The van der Waals surface area contributed by atoms with E-state index in [9.17, 15) is 25.2 Å². The van der Waals surface area contributed by atoms with Crippen molar-refractivity contribution in [2.24, 2.45) is 0 Å². The zero-order valence-corrected chi connectivity index (χ0v) is 10.9. The van der Waals surface area contributed by atoms with Crippen molar-refractivity contribution in [3.8, 4) is 0 Å². The van der Waals surface area contributed by atoms with Gasteiger partial charge in [-0.3, -0.25) is 0 Å². The number of halogens is 6. The van der Waals surface area contributed by atoms with Gasteiger partial charge in [0.25, 0.3) is 0 Å². The normalized spacial score (nSPS) is 17.7. The van der Waals surface area contributed by atoms with E-state index in [1.165, 1.54) is 11.3 Å². The van der Waals surface area contributed by atoms with Crippen LogP contribution in [-0.4, -0.2) is 13.1 Å². The average molecular weight is 305 g/mol. The van der Waals surface area contributed by atoms with E-state index in [1.807, 2.05) is 0 Å². The molecule has 0 atom stereocenters. The van der Waals surface area contributed by atoms with Crippen LogP contribution in [0.25, 0.3) is 6.08 Å². The molecule has 1 nitrogen and oxygen atoms in total. The van der Waals surface area contributed by atoms with Crippen LogP contribution in [0.4, 0.5) is 30.9 Å². The Kier molecular flexibility index (Phi) is 3.67. The molecule has 0 fully saturated rings. The van der Waals surface area contributed by atoms with Gasteiger partial charge in [0.1, 0.15) is 0 Å². The quantitative estimate of drug-likeness (QED) is 0.452. The first kappa shape index (κ1) is 15.8. The maximum absolute atomic E-state index is 10.7. The SMILES string of the molecule is CCN1CC=Cc2ccccc21.F[P-](F)(F)(F)(F)F.[H+]. The zero-order valence-electron chi connectivity index (χ0n) is 11.0. The van der Waals surface area contributed by atoms with Gasteiger partial charge in [0.05, 0.1) is 0 Å². The van der Waals surface area contributed by atoms with E-state index >= 15 is 0 Å². The van der Waals surface area contributed by atoms with E-state index in [0.717, 1.165) is 13.1 Å². The smallest absolute Gasteiger partial charge is 1.00 e. The number of para-hydroxylation sites is 1. The molecule has 1 aromatic rings. The molecule has 8 heteroatoms. The third-order valence-corrected chi connectivity index (χ3v) is 2.28. The number of rotatable bonds is 1. The first-order valence-electron chi connectivity index (χ1n) is 5.43. The van der Waals surface area contributed by atoms with E-state index in [0.29, 0.717) is 0 Å². The van der Waals surface area contributed by atoms with Gasteiger partial charge in [-0.2, -0.15) is 0 Å². The Morgan fingerprint density at radius 3 is 2.16 bits per heavy atom. The van der Waals surface area contributed by atoms with Crippen molar-refractivity contribution in [3.63, 3.8) is 0 Å². The van der Waals surface area contributed by atoms with Gasteiger partial charge in [-0.15, -0.1) is 0 Å². The fourth-order valence-electron chi connectivity index (χ4n) is 1.62. The molecule has 1 aromatic carbocycles. The fourth-order valence-corrected chi connectivity index (χ4v) is 1.62. The van der Waals surface area contributed by atoms with E-state index in [-0.39, 0.29) is 1.43 Å². The van der Waals surface area contributed by atoms with Gasteiger partial charge in [-0.05, 0) is 18.6 Å². The van der Waals surface area contributed by atoms with Gasteiger partial charge >= 0.3 is 34.4 Å². The first-order chi connectivity index (χ1) is 8.36. The molecule has 0 bridgehead atoms. The number of fused-ring (bicyclic) bond motifs is 1. The molecule has 0 spiro atoms. The monoisotopic (exact) mass is 305 g/mol. The van der Waals surface area contributed by atoms with Gasteiger partial charge in [-0.25, -0.2) is 0 Å². The summed E-state index contributed by atoms with van der Waals surface area (Å²) in [6, 6.07) is 8.53. The Bertz CT molecular complexity index is 473. The number of nitrogens with zero attached hydrogens (tertiary/aromatic N) is 1. The molecule has 0 aromatic heterocycles. The number of likely N-dealkylation sites (N-methyl/N-ethyl adjacent to an activating group) is 1. The van der Waals surface area contributed by atoms with Crippen molar-refractivity contribution in [1.29, 1.82) is 0 Å². The van der Waals surface area contributed by atoms with Crippen LogP contribution in [0.2, 0.25) is 0 Å². The Labute approximate surface area is 108 Å². The molecule has 0 N–H and O–H groups in total. The molecule has 0 unspecified atom stereocenters. The van der Waals surface area contributed by atoms with Crippen LogP contribution in [0, 0.1) is 0 Å². The summed E-state index contributed by atoms with van der Waals surface area (Å²) in [6.07, 6.45) is 4.41. The van der Waals surface area contributed by atoms with Gasteiger partial charge < -0.3 is 4.90 Å². The second-order valence-corrected chi connectivity index (χ2v) is 5.87. The summed E-state index contributed by atoms with van der Waals surface area (Å²) in [5.74, 6) is 0. The fraction of sp³-hybridized carbons (Fsp3) is 0.273. The predicted octanol–water partition coefficient (Wildman–Crippen LogP) is 6.03. The van der Waals surface area contributed by atoms with E-state index in [1.54, 1.807) is 0 Å². The molecule has 0 saturated heterocycles. The second kappa shape index (κ2) is 4.40. The number of hydrogen-bond acceptors (Lipinski definition) is 1. The zero-order chi connectivity index (χ0) is 14.8. The predicted molar refractivity (Wildman–Crippen MR) is 68.0 cm³/mol. The molecule has 1 aliphatic rings. The van der Waals surface area contributed by atoms with Crippen LogP contribution in [0.15, 0.2) is 30.3 Å². The maximum Gasteiger partial charge on any atom is 1.00 e. The summed E-state index contributed by atoms with van der Waals surface area (Å²) in [6.45, 7) is 4.32. The average Bonchev–Trinajstić information content (AvgIpc) is 2.24. The molecular weight excluding hydrogens is 291 g/mol. The van der Waals surface area contributed by atoms with Crippen molar-refractivity contribution in [2.75, 3.05) is 18.0 Å². The Morgan fingerprint density at radius 2 is 1.63 bits per heavy atom. The van der Waals surface area contributed by atoms with Crippen molar-refractivity contribution >= 4 is 19.6 Å². The molecule has 0 radical (unpaired) electrons. The van der Waals surface area contributed by atoms with Crippen molar-refractivity contribution in [1.82, 2.24) is 0 Å². The summed E-state index contributed by atoms with van der Waals surface area (Å²) in [4.78, 5) is 2.37. The minimum absolute atomic E-state index is 0. The van der Waals surface area contributed by atoms with Crippen molar-refractivity contribution < 1.29 is 26.6 Å². The van der Waals surface area contributed by atoms with Gasteiger partial charge in [-0.1, -0.05) is 30.4 Å². The van der Waals surface area contributed by atoms with Crippen LogP contribution in [-0.2, 0) is 0 Å². The van der Waals surface area contributed by atoms with Crippen LogP contribution in [0.5, 0.6) is 0 Å². The number of hydrogen-bond donors (Lipinski definition) is 0. The van der Waals surface area contributed by atoms with Gasteiger partial charge in [0.2, 0.25) is 0 Å². The van der Waals surface area contributed by atoms with Crippen LogP contribution >= 0.6 is 7.81 Å². The van der Waals surface area contributed by atoms with E-state index < -0.39 is 7.81 Å². The molecule has 2 rings (SSSR count). The number of benzene rings is 1. The molecule has 19 heavy (non-hydrogen) atoms. The third-order valence-electron chi connectivity index (χ3n) is 2.28. The van der Waals surface area contributed by atoms with Gasteiger partial charge in [0, 0.05) is 18.8 Å². The summed E-state index contributed by atoms with van der Waals surface area (Å²) in [7, 11) is -10.7. The Hall–Kier alpha value is -1.23. The van der Waals surface area contributed by atoms with E-state index in [4.69, 9.17) is 0 Å². The topological polar surface area (TPSA) is 3.24 Å². The summed E-state index contributed by atoms with van der Waals surface area (Å²) < 4.78 is 59.2. The van der Waals surface area contributed by atoms with Crippen LogP contribution < -0.4 is 4.90 Å². The Balaban J connectivity index is 0.000000396. The molecular formula is C11H14F6NP. The first-order valence-corrected chi connectivity index (χ1v) is 7.46. The second-order valence-electron chi connectivity index (χ2n) is 3.96.